The molecule has 0 radical (unpaired) electrons. The molecular weight excluding hydrogens is 420 g/mol. The second-order valence-corrected chi connectivity index (χ2v) is 7.77. The standard InChI is InChI=1S/C25H30N4O4/c1-5-14-29-17(4)21(23(30)33-6-2)22(28-25(29)32)18-11-9-12-19(15-18)26-24(31)27-20-13-8-7-10-16(20)3/h7-13,15,22H,5-6,14H2,1-4H3,(H,28,32)(H2,26,27,31). The third kappa shape index (κ3) is 5.52. The first kappa shape index (κ1) is 23.8. The summed E-state index contributed by atoms with van der Waals surface area (Å²) in [6.07, 6.45) is 0.751. The maximum Gasteiger partial charge on any atom is 0.338 e. The number of nitrogens with zero attached hydrogens (tertiary/aromatic N) is 1. The van der Waals surface area contributed by atoms with Gasteiger partial charge in [-0.25, -0.2) is 14.4 Å². The number of urea groups is 2. The van der Waals surface area contributed by atoms with Gasteiger partial charge in [0.2, 0.25) is 0 Å². The monoisotopic (exact) mass is 450 g/mol. The van der Waals surface area contributed by atoms with Gasteiger partial charge in [0.05, 0.1) is 18.2 Å². The van der Waals surface area contributed by atoms with Gasteiger partial charge in [-0.2, -0.15) is 0 Å². The molecule has 3 N–H and O–H groups in total. The first-order valence-corrected chi connectivity index (χ1v) is 11.0. The average Bonchev–Trinajstić information content (AvgIpc) is 2.78. The summed E-state index contributed by atoms with van der Waals surface area (Å²) in [6, 6.07) is 13.2. The zero-order chi connectivity index (χ0) is 24.0. The fraction of sp³-hybridized carbons (Fsp3) is 0.320. The van der Waals surface area contributed by atoms with Gasteiger partial charge in [-0.15, -0.1) is 0 Å². The molecule has 0 fully saturated rings. The molecule has 1 unspecified atom stereocenters. The first-order valence-electron chi connectivity index (χ1n) is 11.0. The van der Waals surface area contributed by atoms with Crippen molar-refractivity contribution in [1.82, 2.24) is 10.2 Å². The van der Waals surface area contributed by atoms with Crippen molar-refractivity contribution >= 4 is 29.4 Å². The Labute approximate surface area is 194 Å². The minimum atomic E-state index is -0.689. The highest BCUT2D eigenvalue weighted by Gasteiger charge is 2.36. The number of rotatable bonds is 7. The van der Waals surface area contributed by atoms with Crippen molar-refractivity contribution in [2.24, 2.45) is 0 Å². The Morgan fingerprint density at radius 1 is 1.06 bits per heavy atom. The topological polar surface area (TPSA) is 99.8 Å². The molecular formula is C25H30N4O4. The summed E-state index contributed by atoms with van der Waals surface area (Å²) >= 11 is 0. The van der Waals surface area contributed by atoms with Crippen LogP contribution < -0.4 is 16.0 Å². The molecule has 174 valence electrons. The molecule has 2 aromatic carbocycles. The van der Waals surface area contributed by atoms with E-state index in [1.807, 2.05) is 38.1 Å². The Kier molecular flexibility index (Phi) is 7.71. The van der Waals surface area contributed by atoms with Crippen LogP contribution in [0.25, 0.3) is 0 Å². The van der Waals surface area contributed by atoms with Crippen LogP contribution in [0.1, 0.15) is 44.4 Å². The fourth-order valence-corrected chi connectivity index (χ4v) is 3.79. The SMILES string of the molecule is CCCN1C(=O)NC(c2cccc(NC(=O)Nc3ccccc3C)c2)C(C(=O)OCC)=C1C. The van der Waals surface area contributed by atoms with Crippen molar-refractivity contribution in [3.8, 4) is 0 Å². The predicted molar refractivity (Wildman–Crippen MR) is 128 cm³/mol. The fourth-order valence-electron chi connectivity index (χ4n) is 3.79. The molecule has 1 atom stereocenters. The van der Waals surface area contributed by atoms with Crippen molar-refractivity contribution in [2.75, 3.05) is 23.8 Å². The summed E-state index contributed by atoms with van der Waals surface area (Å²) in [4.78, 5) is 39.6. The summed E-state index contributed by atoms with van der Waals surface area (Å²) in [7, 11) is 0. The van der Waals surface area contributed by atoms with Gasteiger partial charge >= 0.3 is 18.0 Å². The maximum atomic E-state index is 12.8. The normalized spacial score (nSPS) is 15.7. The average molecular weight is 451 g/mol. The van der Waals surface area contributed by atoms with E-state index >= 15 is 0 Å². The first-order chi connectivity index (χ1) is 15.8. The molecule has 33 heavy (non-hydrogen) atoms. The van der Waals surface area contributed by atoms with Gasteiger partial charge < -0.3 is 20.7 Å². The number of ether oxygens (including phenoxy) is 1. The number of nitrogens with one attached hydrogen (secondary N) is 3. The highest BCUT2D eigenvalue weighted by molar-refractivity contribution is 6.00. The van der Waals surface area contributed by atoms with Crippen molar-refractivity contribution in [3.63, 3.8) is 0 Å². The van der Waals surface area contributed by atoms with Crippen LogP contribution in [-0.4, -0.2) is 36.1 Å². The van der Waals surface area contributed by atoms with Crippen LogP contribution in [-0.2, 0) is 9.53 Å². The van der Waals surface area contributed by atoms with E-state index in [2.05, 4.69) is 16.0 Å². The second-order valence-electron chi connectivity index (χ2n) is 7.77. The predicted octanol–water partition coefficient (Wildman–Crippen LogP) is 4.95. The van der Waals surface area contributed by atoms with Gasteiger partial charge in [0.1, 0.15) is 0 Å². The molecule has 2 aromatic rings. The minimum Gasteiger partial charge on any atom is -0.463 e. The Morgan fingerprint density at radius 2 is 1.82 bits per heavy atom. The molecule has 3 rings (SSSR count). The molecule has 0 saturated carbocycles. The van der Waals surface area contributed by atoms with Gasteiger partial charge in [-0.3, -0.25) is 4.90 Å². The molecule has 0 spiro atoms. The number of amides is 4. The number of hydrogen-bond donors (Lipinski definition) is 3. The number of para-hydroxylation sites is 1. The highest BCUT2D eigenvalue weighted by atomic mass is 16.5. The lowest BCUT2D eigenvalue weighted by molar-refractivity contribution is -0.139. The molecule has 8 heteroatoms. The zero-order valence-electron chi connectivity index (χ0n) is 19.4. The lowest BCUT2D eigenvalue weighted by Crippen LogP contribution is -2.48. The third-order valence-electron chi connectivity index (χ3n) is 5.41. The molecule has 8 nitrogen and oxygen atoms in total. The van der Waals surface area contributed by atoms with E-state index in [-0.39, 0.29) is 18.7 Å². The molecule has 4 amide bonds. The summed E-state index contributed by atoms with van der Waals surface area (Å²) in [5.41, 5.74) is 3.80. The number of allylic oxidation sites excluding steroid dienone is 1. The Hall–Kier alpha value is -3.81. The molecule has 1 aliphatic heterocycles. The number of aryl methyl sites for hydroxylation is 1. The van der Waals surface area contributed by atoms with Crippen LogP contribution in [0, 0.1) is 6.92 Å². The van der Waals surface area contributed by atoms with Crippen LogP contribution in [0.4, 0.5) is 21.0 Å². The molecule has 1 aliphatic rings. The summed E-state index contributed by atoms with van der Waals surface area (Å²) in [5.74, 6) is -0.475. The van der Waals surface area contributed by atoms with E-state index in [0.29, 0.717) is 34.8 Å². The third-order valence-corrected chi connectivity index (χ3v) is 5.41. The van der Waals surface area contributed by atoms with Gasteiger partial charge in [0, 0.05) is 23.6 Å². The Balaban J connectivity index is 1.87. The van der Waals surface area contributed by atoms with E-state index < -0.39 is 12.0 Å². The molecule has 1 heterocycles. The largest absolute Gasteiger partial charge is 0.463 e. The molecule has 0 bridgehead atoms. The number of carbonyl (C=O) groups excluding carboxylic acids is 3. The minimum absolute atomic E-state index is 0.227. The van der Waals surface area contributed by atoms with Gasteiger partial charge in [-0.1, -0.05) is 37.3 Å². The van der Waals surface area contributed by atoms with Crippen LogP contribution in [0.2, 0.25) is 0 Å². The van der Waals surface area contributed by atoms with Crippen molar-refractivity contribution < 1.29 is 19.1 Å². The van der Waals surface area contributed by atoms with E-state index in [9.17, 15) is 14.4 Å². The van der Waals surface area contributed by atoms with Crippen LogP contribution in [0.15, 0.2) is 59.8 Å². The van der Waals surface area contributed by atoms with Crippen molar-refractivity contribution in [2.45, 2.75) is 40.2 Å². The summed E-state index contributed by atoms with van der Waals surface area (Å²) in [5, 5.41) is 8.55. The number of carbonyl (C=O) groups is 3. The summed E-state index contributed by atoms with van der Waals surface area (Å²) in [6.45, 7) is 8.10. The van der Waals surface area contributed by atoms with Crippen LogP contribution in [0.5, 0.6) is 0 Å². The van der Waals surface area contributed by atoms with Crippen LogP contribution >= 0.6 is 0 Å². The highest BCUT2D eigenvalue weighted by Crippen LogP contribution is 2.32. The summed E-state index contributed by atoms with van der Waals surface area (Å²) < 4.78 is 5.28. The number of benzene rings is 2. The van der Waals surface area contributed by atoms with Gasteiger partial charge in [0.15, 0.2) is 0 Å². The second kappa shape index (κ2) is 10.7. The molecule has 0 saturated heterocycles. The van der Waals surface area contributed by atoms with Crippen molar-refractivity contribution in [1.29, 1.82) is 0 Å². The van der Waals surface area contributed by atoms with Crippen molar-refractivity contribution in [3.05, 3.63) is 70.9 Å². The lowest BCUT2D eigenvalue weighted by Gasteiger charge is -2.35. The number of esters is 1. The zero-order valence-corrected chi connectivity index (χ0v) is 19.4. The Morgan fingerprint density at radius 3 is 2.52 bits per heavy atom. The smallest absolute Gasteiger partial charge is 0.338 e. The van der Waals surface area contributed by atoms with Gasteiger partial charge in [-0.05, 0) is 56.5 Å². The van der Waals surface area contributed by atoms with E-state index in [4.69, 9.17) is 4.74 Å². The van der Waals surface area contributed by atoms with E-state index in [1.165, 1.54) is 0 Å². The van der Waals surface area contributed by atoms with Gasteiger partial charge in [0.25, 0.3) is 0 Å². The molecule has 0 aromatic heterocycles. The van der Waals surface area contributed by atoms with E-state index in [1.54, 1.807) is 43.0 Å². The number of hydrogen-bond acceptors (Lipinski definition) is 4. The number of anilines is 2. The van der Waals surface area contributed by atoms with E-state index in [0.717, 1.165) is 12.0 Å². The maximum absolute atomic E-state index is 12.8. The molecule has 0 aliphatic carbocycles. The quantitative estimate of drug-likeness (QED) is 0.520. The Bertz CT molecular complexity index is 1080. The lowest BCUT2D eigenvalue weighted by atomic mass is 9.94. The van der Waals surface area contributed by atoms with Crippen LogP contribution in [0.3, 0.4) is 0 Å².